The maximum Gasteiger partial charge on any atom is 0.194 e. The van der Waals surface area contributed by atoms with Gasteiger partial charge in [0.25, 0.3) is 0 Å². The van der Waals surface area contributed by atoms with Gasteiger partial charge in [0, 0.05) is 23.7 Å². The summed E-state index contributed by atoms with van der Waals surface area (Å²) in [5.74, 6) is 0.887. The van der Waals surface area contributed by atoms with Crippen LogP contribution in [0, 0.1) is 19.8 Å². The zero-order chi connectivity index (χ0) is 12.7. The van der Waals surface area contributed by atoms with Gasteiger partial charge in [-0.3, -0.25) is 4.40 Å². The number of rotatable bonds is 3. The van der Waals surface area contributed by atoms with Crippen molar-refractivity contribution in [1.82, 2.24) is 14.7 Å². The zero-order valence-electron chi connectivity index (χ0n) is 11.4. The highest BCUT2D eigenvalue weighted by molar-refractivity contribution is 7.17. The van der Waals surface area contributed by atoms with Crippen LogP contribution in [0.15, 0.2) is 6.20 Å². The van der Waals surface area contributed by atoms with E-state index in [4.69, 9.17) is 0 Å². The van der Waals surface area contributed by atoms with Crippen molar-refractivity contribution in [1.29, 1.82) is 0 Å². The Bertz CT molecular complexity index is 555. The summed E-state index contributed by atoms with van der Waals surface area (Å²) in [6.07, 6.45) is 6.22. The Morgan fingerprint density at radius 2 is 2.28 bits per heavy atom. The third-order valence-electron chi connectivity index (χ3n) is 3.99. The summed E-state index contributed by atoms with van der Waals surface area (Å²) < 4.78 is 2.25. The first-order valence-corrected chi connectivity index (χ1v) is 7.62. The Morgan fingerprint density at radius 3 is 3.00 bits per heavy atom. The average Bonchev–Trinajstić information content (AvgIpc) is 2.92. The van der Waals surface area contributed by atoms with Crippen molar-refractivity contribution in [2.45, 2.75) is 52.6 Å². The lowest BCUT2D eigenvalue weighted by molar-refractivity contribution is 0.497. The van der Waals surface area contributed by atoms with Crippen LogP contribution in [0.4, 0.5) is 0 Å². The summed E-state index contributed by atoms with van der Waals surface area (Å²) in [5.41, 5.74) is 2.49. The second-order valence-electron chi connectivity index (χ2n) is 5.63. The van der Waals surface area contributed by atoms with Crippen LogP contribution in [0.5, 0.6) is 0 Å². The maximum atomic E-state index is 4.64. The Hall–Kier alpha value is -0.870. The molecule has 1 saturated carbocycles. The zero-order valence-corrected chi connectivity index (χ0v) is 12.2. The number of aromatic nitrogens is 2. The number of thiazole rings is 1. The molecule has 2 aromatic heterocycles. The molecule has 0 spiro atoms. The highest BCUT2D eigenvalue weighted by Crippen LogP contribution is 2.25. The first-order chi connectivity index (χ1) is 8.63. The second kappa shape index (κ2) is 4.67. The van der Waals surface area contributed by atoms with E-state index >= 15 is 0 Å². The minimum atomic E-state index is 0.699. The van der Waals surface area contributed by atoms with Crippen LogP contribution >= 0.6 is 11.3 Å². The molecule has 1 aliphatic rings. The monoisotopic (exact) mass is 263 g/mol. The van der Waals surface area contributed by atoms with Gasteiger partial charge in [-0.15, -0.1) is 11.3 Å². The van der Waals surface area contributed by atoms with Crippen LogP contribution < -0.4 is 5.32 Å². The van der Waals surface area contributed by atoms with Gasteiger partial charge in [-0.1, -0.05) is 6.92 Å². The molecular formula is C14H21N3S. The predicted octanol–water partition coefficient (Wildman–Crippen LogP) is 3.29. The smallest absolute Gasteiger partial charge is 0.194 e. The van der Waals surface area contributed by atoms with Crippen LogP contribution in [0.1, 0.15) is 42.5 Å². The molecule has 2 aromatic rings. The lowest BCUT2D eigenvalue weighted by Gasteiger charge is -2.12. The molecule has 2 atom stereocenters. The van der Waals surface area contributed by atoms with Crippen LogP contribution in [-0.2, 0) is 6.54 Å². The SMILES string of the molecule is Cc1cn2c(CNC3CCC(C)C3)c(C)nc2s1. The first-order valence-electron chi connectivity index (χ1n) is 6.81. The van der Waals surface area contributed by atoms with E-state index in [1.54, 1.807) is 11.3 Å². The largest absolute Gasteiger partial charge is 0.308 e. The molecule has 3 nitrogen and oxygen atoms in total. The summed E-state index contributed by atoms with van der Waals surface area (Å²) >= 11 is 1.77. The maximum absolute atomic E-state index is 4.64. The van der Waals surface area contributed by atoms with Gasteiger partial charge in [0.1, 0.15) is 0 Å². The Kier molecular flexibility index (Phi) is 3.16. The highest BCUT2D eigenvalue weighted by Gasteiger charge is 2.21. The minimum absolute atomic E-state index is 0.699. The van der Waals surface area contributed by atoms with E-state index in [9.17, 15) is 0 Å². The van der Waals surface area contributed by atoms with Crippen molar-refractivity contribution in [2.75, 3.05) is 0 Å². The Morgan fingerprint density at radius 1 is 1.44 bits per heavy atom. The fourth-order valence-corrected chi connectivity index (χ4v) is 3.85. The number of imidazole rings is 1. The van der Waals surface area contributed by atoms with Gasteiger partial charge in [0.15, 0.2) is 4.96 Å². The summed E-state index contributed by atoms with van der Waals surface area (Å²) in [7, 11) is 0. The third-order valence-corrected chi connectivity index (χ3v) is 4.89. The van der Waals surface area contributed by atoms with Crippen molar-refractivity contribution < 1.29 is 0 Å². The van der Waals surface area contributed by atoms with Gasteiger partial charge in [0.05, 0.1) is 11.4 Å². The van der Waals surface area contributed by atoms with E-state index in [2.05, 4.69) is 41.7 Å². The predicted molar refractivity (Wildman–Crippen MR) is 76.2 cm³/mol. The molecule has 18 heavy (non-hydrogen) atoms. The fourth-order valence-electron chi connectivity index (χ4n) is 2.96. The molecule has 98 valence electrons. The molecule has 0 aliphatic heterocycles. The topological polar surface area (TPSA) is 29.3 Å². The summed E-state index contributed by atoms with van der Waals surface area (Å²) in [6, 6.07) is 0.699. The normalized spacial score (nSPS) is 24.2. The number of aryl methyl sites for hydroxylation is 2. The standard InChI is InChI=1S/C14H21N3S/c1-9-4-5-12(6-9)15-7-13-11(3)16-14-17(13)8-10(2)18-14/h8-9,12,15H,4-7H2,1-3H3. The molecule has 1 fully saturated rings. The van der Waals surface area contributed by atoms with Gasteiger partial charge in [-0.2, -0.15) is 0 Å². The van der Waals surface area contributed by atoms with Crippen LogP contribution in [0.2, 0.25) is 0 Å². The fraction of sp³-hybridized carbons (Fsp3) is 0.643. The Labute approximate surface area is 112 Å². The van der Waals surface area contributed by atoms with Gasteiger partial charge in [-0.25, -0.2) is 4.98 Å². The number of hydrogen-bond acceptors (Lipinski definition) is 3. The molecule has 0 radical (unpaired) electrons. The van der Waals surface area contributed by atoms with Crippen molar-refractivity contribution >= 4 is 16.3 Å². The minimum Gasteiger partial charge on any atom is -0.308 e. The van der Waals surface area contributed by atoms with Crippen LogP contribution in [-0.4, -0.2) is 15.4 Å². The van der Waals surface area contributed by atoms with Crippen molar-refractivity contribution in [3.05, 3.63) is 22.5 Å². The Balaban J connectivity index is 1.75. The molecule has 0 amide bonds. The second-order valence-corrected chi connectivity index (χ2v) is 6.85. The number of nitrogens with one attached hydrogen (secondary N) is 1. The average molecular weight is 263 g/mol. The van der Waals surface area contributed by atoms with Crippen LogP contribution in [0.3, 0.4) is 0 Å². The van der Waals surface area contributed by atoms with E-state index in [-0.39, 0.29) is 0 Å². The lowest BCUT2D eigenvalue weighted by atomic mass is 10.1. The quantitative estimate of drug-likeness (QED) is 0.920. The molecule has 4 heteroatoms. The molecule has 2 heterocycles. The molecule has 0 aromatic carbocycles. The summed E-state index contributed by atoms with van der Waals surface area (Å²) in [5, 5.41) is 3.70. The molecule has 1 N–H and O–H groups in total. The number of nitrogens with zero attached hydrogens (tertiary/aromatic N) is 2. The van der Waals surface area contributed by atoms with E-state index in [0.29, 0.717) is 6.04 Å². The molecule has 0 bridgehead atoms. The number of hydrogen-bond donors (Lipinski definition) is 1. The van der Waals surface area contributed by atoms with E-state index < -0.39 is 0 Å². The molecular weight excluding hydrogens is 242 g/mol. The highest BCUT2D eigenvalue weighted by atomic mass is 32.1. The van der Waals surface area contributed by atoms with Gasteiger partial charge >= 0.3 is 0 Å². The van der Waals surface area contributed by atoms with Gasteiger partial charge < -0.3 is 5.32 Å². The van der Waals surface area contributed by atoms with Crippen molar-refractivity contribution in [3.63, 3.8) is 0 Å². The van der Waals surface area contributed by atoms with Gasteiger partial charge in [-0.05, 0) is 39.0 Å². The van der Waals surface area contributed by atoms with E-state index in [1.165, 1.54) is 35.5 Å². The van der Waals surface area contributed by atoms with Crippen molar-refractivity contribution in [3.8, 4) is 0 Å². The van der Waals surface area contributed by atoms with Gasteiger partial charge in [0.2, 0.25) is 0 Å². The summed E-state index contributed by atoms with van der Waals surface area (Å²) in [4.78, 5) is 7.09. The molecule has 2 unspecified atom stereocenters. The molecule has 0 saturated heterocycles. The van der Waals surface area contributed by atoms with Crippen molar-refractivity contribution in [2.24, 2.45) is 5.92 Å². The third kappa shape index (κ3) is 2.19. The first kappa shape index (κ1) is 12.2. The summed E-state index contributed by atoms with van der Waals surface area (Å²) in [6.45, 7) is 7.56. The molecule has 3 rings (SSSR count). The molecule has 1 aliphatic carbocycles. The van der Waals surface area contributed by atoms with E-state index in [1.807, 2.05) is 0 Å². The lowest BCUT2D eigenvalue weighted by Crippen LogP contribution is -2.26. The van der Waals surface area contributed by atoms with Crippen LogP contribution in [0.25, 0.3) is 4.96 Å². The van der Waals surface area contributed by atoms with E-state index in [0.717, 1.165) is 17.4 Å². The number of fused-ring (bicyclic) bond motifs is 1.